The Morgan fingerprint density at radius 2 is 2.00 bits per heavy atom. The molecule has 1 N–H and O–H groups in total. The van der Waals surface area contributed by atoms with E-state index < -0.39 is 0 Å². The molecule has 4 heterocycles. The maximum Gasteiger partial charge on any atom is 0.197 e. The van der Waals surface area contributed by atoms with Gasteiger partial charge in [-0.1, -0.05) is 23.5 Å². The average Bonchev–Trinajstić information content (AvgIpc) is 3.05. The van der Waals surface area contributed by atoms with Gasteiger partial charge in [0.1, 0.15) is 11.4 Å². The molecule has 0 saturated carbocycles. The van der Waals surface area contributed by atoms with E-state index in [9.17, 15) is 0 Å². The van der Waals surface area contributed by atoms with Crippen molar-refractivity contribution < 1.29 is 4.90 Å². The van der Waals surface area contributed by atoms with Crippen LogP contribution in [0, 0.1) is 0 Å². The Balaban J connectivity index is 2.10. The molecule has 1 unspecified atom stereocenters. The van der Waals surface area contributed by atoms with E-state index in [1.165, 1.54) is 22.4 Å². The van der Waals surface area contributed by atoms with E-state index in [0.717, 1.165) is 33.8 Å². The summed E-state index contributed by atoms with van der Waals surface area (Å²) in [6, 6.07) is 0. The lowest BCUT2D eigenvalue weighted by Gasteiger charge is -2.19. The number of rotatable bonds is 2. The fourth-order valence-electron chi connectivity index (χ4n) is 2.93. The van der Waals surface area contributed by atoms with Gasteiger partial charge >= 0.3 is 0 Å². The minimum Gasteiger partial charge on any atom is -0.333 e. The highest BCUT2D eigenvalue weighted by atomic mass is 32.2. The van der Waals surface area contributed by atoms with Gasteiger partial charge in [0.25, 0.3) is 0 Å². The van der Waals surface area contributed by atoms with Gasteiger partial charge in [-0.05, 0) is 18.1 Å². The number of hydrogen-bond donors (Lipinski definition) is 1. The Morgan fingerprint density at radius 3 is 2.76 bits per heavy atom. The molecule has 110 valence electrons. The third-order valence-electron chi connectivity index (χ3n) is 3.95. The maximum atomic E-state index is 4.87. The zero-order valence-electron chi connectivity index (χ0n) is 12.1. The van der Waals surface area contributed by atoms with Crippen LogP contribution in [-0.2, 0) is 13.0 Å². The number of likely N-dealkylation sites (N-methyl/N-ethyl adjacent to an activating group) is 1. The van der Waals surface area contributed by atoms with E-state index in [-0.39, 0.29) is 0 Å². The molecule has 0 fully saturated rings. The highest BCUT2D eigenvalue weighted by molar-refractivity contribution is 7.99. The van der Waals surface area contributed by atoms with Crippen molar-refractivity contribution in [3.8, 4) is 0 Å². The summed E-state index contributed by atoms with van der Waals surface area (Å²) >= 11 is 5.10. The van der Waals surface area contributed by atoms with Crippen LogP contribution in [0.4, 0.5) is 0 Å². The van der Waals surface area contributed by atoms with Crippen molar-refractivity contribution in [3.63, 3.8) is 0 Å². The average molecular weight is 339 g/mol. The van der Waals surface area contributed by atoms with Crippen molar-refractivity contribution >= 4 is 50.7 Å². The van der Waals surface area contributed by atoms with E-state index in [0.29, 0.717) is 0 Å². The fourth-order valence-corrected chi connectivity index (χ4v) is 5.39. The molecule has 0 bridgehead atoms. The number of thiophene rings is 1. The van der Waals surface area contributed by atoms with Crippen LogP contribution in [-0.4, -0.2) is 45.7 Å². The predicted octanol–water partition coefficient (Wildman–Crippen LogP) is 1.35. The topological polar surface area (TPSA) is 47.5 Å². The number of quaternary nitrogens is 1. The summed E-state index contributed by atoms with van der Waals surface area (Å²) in [7, 11) is 2.26. The lowest BCUT2D eigenvalue weighted by molar-refractivity contribution is -0.895. The fraction of sp³-hybridized carbons (Fsp3) is 0.462. The predicted molar refractivity (Wildman–Crippen MR) is 88.9 cm³/mol. The second-order valence-corrected chi connectivity index (χ2v) is 7.89. The van der Waals surface area contributed by atoms with Crippen molar-refractivity contribution in [2.45, 2.75) is 23.3 Å². The lowest BCUT2D eigenvalue weighted by atomic mass is 10.1. The Kier molecular flexibility index (Phi) is 3.36. The molecule has 8 heteroatoms. The van der Waals surface area contributed by atoms with E-state index in [4.69, 9.17) is 4.98 Å². The van der Waals surface area contributed by atoms with Crippen molar-refractivity contribution in [1.29, 1.82) is 0 Å². The summed E-state index contributed by atoms with van der Waals surface area (Å²) in [4.78, 5) is 9.03. The third-order valence-corrected chi connectivity index (χ3v) is 6.34. The van der Waals surface area contributed by atoms with Crippen LogP contribution in [0.2, 0.25) is 0 Å². The molecule has 0 amide bonds. The number of thioether (sulfide) groups is 2. The summed E-state index contributed by atoms with van der Waals surface area (Å²) in [5, 5.41) is 11.9. The van der Waals surface area contributed by atoms with Gasteiger partial charge in [0.2, 0.25) is 0 Å². The third kappa shape index (κ3) is 2.00. The molecule has 1 aliphatic rings. The van der Waals surface area contributed by atoms with E-state index in [1.807, 2.05) is 17.6 Å². The second-order valence-electron chi connectivity index (χ2n) is 5.26. The number of aromatic nitrogens is 4. The molecule has 0 spiro atoms. The van der Waals surface area contributed by atoms with Crippen molar-refractivity contribution in [3.05, 3.63) is 10.4 Å². The van der Waals surface area contributed by atoms with Crippen molar-refractivity contribution in [2.24, 2.45) is 0 Å². The molecule has 0 saturated heterocycles. The number of hydrogen-bond acceptors (Lipinski definition) is 6. The first kappa shape index (κ1) is 13.8. The summed E-state index contributed by atoms with van der Waals surface area (Å²) in [5.41, 5.74) is 2.43. The Morgan fingerprint density at radius 1 is 1.19 bits per heavy atom. The molecule has 3 aromatic rings. The van der Waals surface area contributed by atoms with Gasteiger partial charge < -0.3 is 4.90 Å². The summed E-state index contributed by atoms with van der Waals surface area (Å²) in [6.07, 6.45) is 5.20. The minimum absolute atomic E-state index is 0.919. The van der Waals surface area contributed by atoms with Crippen LogP contribution in [0.3, 0.4) is 0 Å². The van der Waals surface area contributed by atoms with Gasteiger partial charge in [0, 0.05) is 6.42 Å². The minimum atomic E-state index is 0.919. The zero-order valence-corrected chi connectivity index (χ0v) is 14.6. The van der Waals surface area contributed by atoms with Crippen molar-refractivity contribution in [2.75, 3.05) is 26.1 Å². The summed E-state index contributed by atoms with van der Waals surface area (Å²) < 4.78 is 2.11. The monoisotopic (exact) mass is 338 g/mol. The molecular formula is C13H16N5S3+. The van der Waals surface area contributed by atoms with Gasteiger partial charge in [-0.3, -0.25) is 0 Å². The molecular weight excluding hydrogens is 322 g/mol. The van der Waals surface area contributed by atoms with Crippen LogP contribution in [0.25, 0.3) is 15.9 Å². The number of nitrogens with zero attached hydrogens (tertiary/aromatic N) is 4. The van der Waals surface area contributed by atoms with E-state index >= 15 is 0 Å². The molecule has 0 radical (unpaired) electrons. The Bertz CT molecular complexity index is 837. The molecule has 4 rings (SSSR count). The zero-order chi connectivity index (χ0) is 14.6. The van der Waals surface area contributed by atoms with Gasteiger partial charge in [-0.15, -0.1) is 21.5 Å². The lowest BCUT2D eigenvalue weighted by Crippen LogP contribution is -3.08. The Labute approximate surface area is 135 Å². The molecule has 1 atom stereocenters. The highest BCUT2D eigenvalue weighted by Crippen LogP contribution is 2.36. The van der Waals surface area contributed by atoms with Crippen LogP contribution < -0.4 is 4.90 Å². The molecule has 0 aromatic carbocycles. The standard InChI is InChI=1S/C13H15N5S3/c1-17-5-4-7-8(6-17)21-11-9(7)10-15-16-13(20-3)18(10)12(14-11)19-2/h4-6H2,1-3H3/p+1. The first-order valence-electron chi connectivity index (χ1n) is 6.81. The highest BCUT2D eigenvalue weighted by Gasteiger charge is 2.26. The van der Waals surface area contributed by atoms with Gasteiger partial charge in [0.05, 0.1) is 23.9 Å². The second kappa shape index (κ2) is 5.12. The van der Waals surface area contributed by atoms with Crippen LogP contribution in [0.15, 0.2) is 10.3 Å². The normalized spacial score (nSPS) is 18.5. The first-order chi connectivity index (χ1) is 10.2. The Hall–Kier alpha value is -0.830. The number of nitrogens with one attached hydrogen (secondary N) is 1. The molecule has 21 heavy (non-hydrogen) atoms. The maximum absolute atomic E-state index is 4.87. The first-order valence-corrected chi connectivity index (χ1v) is 10.1. The smallest absolute Gasteiger partial charge is 0.197 e. The molecule has 3 aromatic heterocycles. The van der Waals surface area contributed by atoms with Gasteiger partial charge in [-0.25, -0.2) is 9.38 Å². The van der Waals surface area contributed by atoms with Crippen molar-refractivity contribution in [1.82, 2.24) is 19.6 Å². The quantitative estimate of drug-likeness (QED) is 0.565. The van der Waals surface area contributed by atoms with E-state index in [2.05, 4.69) is 27.9 Å². The number of fused-ring (bicyclic) bond motifs is 5. The van der Waals surface area contributed by atoms with Gasteiger partial charge in [0.15, 0.2) is 16.0 Å². The summed E-state index contributed by atoms with van der Waals surface area (Å²) in [6.45, 7) is 2.28. The largest absolute Gasteiger partial charge is 0.333 e. The summed E-state index contributed by atoms with van der Waals surface area (Å²) in [5.74, 6) is 0. The molecule has 5 nitrogen and oxygen atoms in total. The van der Waals surface area contributed by atoms with Gasteiger partial charge in [-0.2, -0.15) is 0 Å². The van der Waals surface area contributed by atoms with Crippen LogP contribution in [0.1, 0.15) is 10.4 Å². The molecule has 1 aliphatic heterocycles. The van der Waals surface area contributed by atoms with Crippen LogP contribution in [0.5, 0.6) is 0 Å². The van der Waals surface area contributed by atoms with E-state index in [1.54, 1.807) is 28.4 Å². The SMILES string of the molecule is CSc1nnc2c3c4c(sc3nc(SC)n12)C[NH+](C)CC4. The molecule has 0 aliphatic carbocycles. The van der Waals surface area contributed by atoms with Crippen LogP contribution >= 0.6 is 34.9 Å².